The van der Waals surface area contributed by atoms with E-state index in [-0.39, 0.29) is 0 Å². The molecule has 2 radical (unpaired) electrons. The zero-order chi connectivity index (χ0) is 8.65. The Morgan fingerprint density at radius 2 is 1.83 bits per heavy atom. The van der Waals surface area contributed by atoms with Crippen molar-refractivity contribution in [2.45, 2.75) is 57.8 Å². The van der Waals surface area contributed by atoms with Crippen LogP contribution in [0.1, 0.15) is 57.8 Å². The first-order valence-corrected chi connectivity index (χ1v) is 5.56. The number of hydrogen-bond acceptors (Lipinski definition) is 0. The van der Waals surface area contributed by atoms with Crippen molar-refractivity contribution in [2.75, 3.05) is 0 Å². The van der Waals surface area contributed by atoms with Crippen molar-refractivity contribution in [1.29, 1.82) is 0 Å². The van der Waals surface area contributed by atoms with Gasteiger partial charge in [-0.05, 0) is 18.8 Å². The normalized spacial score (nSPS) is 18.8. The summed E-state index contributed by atoms with van der Waals surface area (Å²) < 4.78 is 0. The molecule has 0 aromatic carbocycles. The smallest absolute Gasteiger partial charge is 0.0355 e. The van der Waals surface area contributed by atoms with E-state index in [1.807, 2.05) is 0 Å². The molecule has 1 saturated carbocycles. The van der Waals surface area contributed by atoms with E-state index < -0.39 is 0 Å². The summed E-state index contributed by atoms with van der Waals surface area (Å²) in [6, 6.07) is 0. The predicted molar refractivity (Wildman–Crippen MR) is 54.7 cm³/mol. The standard InChI is InChI=1S/C12H22/c1-2-3-4-5-6-9-12-10-7-8-11-12/h9,12H,1-8,10-11H2. The maximum absolute atomic E-state index is 3.85. The summed E-state index contributed by atoms with van der Waals surface area (Å²) >= 11 is 0. The summed E-state index contributed by atoms with van der Waals surface area (Å²) in [6.07, 6.45) is 15.0. The van der Waals surface area contributed by atoms with Gasteiger partial charge in [-0.1, -0.05) is 58.3 Å². The van der Waals surface area contributed by atoms with E-state index in [1.54, 1.807) is 0 Å². The summed E-state index contributed by atoms with van der Waals surface area (Å²) in [4.78, 5) is 0. The molecular weight excluding hydrogens is 144 g/mol. The molecule has 0 heteroatoms. The fraction of sp³-hybridized carbons (Fsp3) is 0.833. The van der Waals surface area contributed by atoms with Crippen LogP contribution in [0.3, 0.4) is 0 Å². The molecule has 0 aliphatic heterocycles. The average Bonchev–Trinajstić information content (AvgIpc) is 2.57. The van der Waals surface area contributed by atoms with Crippen LogP contribution in [0, 0.1) is 19.3 Å². The van der Waals surface area contributed by atoms with Crippen LogP contribution in [0.15, 0.2) is 0 Å². The summed E-state index contributed by atoms with van der Waals surface area (Å²) in [5.41, 5.74) is 0. The van der Waals surface area contributed by atoms with Gasteiger partial charge in [0.15, 0.2) is 0 Å². The highest BCUT2D eigenvalue weighted by atomic mass is 14.2. The molecule has 0 amide bonds. The van der Waals surface area contributed by atoms with Gasteiger partial charge in [0.1, 0.15) is 0 Å². The first kappa shape index (κ1) is 10.1. The van der Waals surface area contributed by atoms with E-state index in [0.29, 0.717) is 0 Å². The largest absolute Gasteiger partial charge is 0.0533 e. The second-order valence-corrected chi connectivity index (χ2v) is 3.98. The molecule has 0 nitrogen and oxygen atoms in total. The molecule has 1 aliphatic carbocycles. The molecule has 0 unspecified atom stereocenters. The molecule has 0 spiro atoms. The van der Waals surface area contributed by atoms with Crippen LogP contribution < -0.4 is 0 Å². The molecule has 0 heterocycles. The van der Waals surface area contributed by atoms with Crippen molar-refractivity contribution >= 4 is 0 Å². The third kappa shape index (κ3) is 4.13. The average molecular weight is 166 g/mol. The molecule has 1 fully saturated rings. The first-order chi connectivity index (χ1) is 5.93. The minimum Gasteiger partial charge on any atom is -0.0533 e. The molecule has 12 heavy (non-hydrogen) atoms. The van der Waals surface area contributed by atoms with E-state index in [9.17, 15) is 0 Å². The summed E-state index contributed by atoms with van der Waals surface area (Å²) in [5.74, 6) is 0.977. The number of unbranched alkanes of at least 4 members (excludes halogenated alkanes) is 4. The Bertz CT molecular complexity index is 90.2. The van der Waals surface area contributed by atoms with Crippen LogP contribution in [-0.2, 0) is 0 Å². The van der Waals surface area contributed by atoms with E-state index in [4.69, 9.17) is 0 Å². The van der Waals surface area contributed by atoms with Crippen molar-refractivity contribution < 1.29 is 0 Å². The zero-order valence-electron chi connectivity index (χ0n) is 8.23. The lowest BCUT2D eigenvalue weighted by Gasteiger charge is -2.06. The van der Waals surface area contributed by atoms with Crippen LogP contribution in [0.25, 0.3) is 0 Å². The van der Waals surface area contributed by atoms with Crippen molar-refractivity contribution in [2.24, 2.45) is 5.92 Å². The minimum atomic E-state index is 0.977. The lowest BCUT2D eigenvalue weighted by atomic mass is 9.99. The number of rotatable bonds is 6. The molecule has 0 saturated heterocycles. The van der Waals surface area contributed by atoms with Crippen LogP contribution in [0.4, 0.5) is 0 Å². The van der Waals surface area contributed by atoms with Crippen molar-refractivity contribution in [3.05, 3.63) is 13.3 Å². The van der Waals surface area contributed by atoms with Gasteiger partial charge in [-0.3, -0.25) is 0 Å². The van der Waals surface area contributed by atoms with Gasteiger partial charge < -0.3 is 0 Å². The third-order valence-corrected chi connectivity index (χ3v) is 2.85. The lowest BCUT2D eigenvalue weighted by Crippen LogP contribution is -1.93. The van der Waals surface area contributed by atoms with Gasteiger partial charge in [-0.15, -0.1) is 0 Å². The summed E-state index contributed by atoms with van der Waals surface area (Å²) in [7, 11) is 0. The number of hydrogen-bond donors (Lipinski definition) is 0. The molecule has 1 aliphatic rings. The second-order valence-electron chi connectivity index (χ2n) is 3.98. The highest BCUT2D eigenvalue weighted by molar-refractivity contribution is 4.80. The minimum absolute atomic E-state index is 0.977. The third-order valence-electron chi connectivity index (χ3n) is 2.85. The predicted octanol–water partition coefficient (Wildman–Crippen LogP) is 4.17. The Morgan fingerprint density at radius 1 is 1.08 bits per heavy atom. The van der Waals surface area contributed by atoms with E-state index in [2.05, 4.69) is 13.3 Å². The van der Waals surface area contributed by atoms with Crippen LogP contribution in [0.2, 0.25) is 0 Å². The van der Waals surface area contributed by atoms with Gasteiger partial charge in [0.05, 0.1) is 0 Å². The molecule has 0 N–H and O–H groups in total. The fourth-order valence-corrected chi connectivity index (χ4v) is 2.04. The van der Waals surface area contributed by atoms with E-state index in [0.717, 1.165) is 12.3 Å². The Labute approximate surface area is 77.7 Å². The Kier molecular flexibility index (Phi) is 5.47. The summed E-state index contributed by atoms with van der Waals surface area (Å²) in [6.45, 7) is 3.85. The Balaban J connectivity index is 1.81. The maximum atomic E-state index is 3.85. The lowest BCUT2D eigenvalue weighted by molar-refractivity contribution is 0.573. The van der Waals surface area contributed by atoms with Gasteiger partial charge in [-0.25, -0.2) is 0 Å². The molecule has 1 rings (SSSR count). The molecular formula is C12H22. The first-order valence-electron chi connectivity index (χ1n) is 5.56. The molecule has 0 bridgehead atoms. The SMILES string of the molecule is [CH2]CCCCC[CH]C1CCCC1. The molecule has 0 aromatic rings. The van der Waals surface area contributed by atoms with Crippen LogP contribution in [0.5, 0.6) is 0 Å². The van der Waals surface area contributed by atoms with Gasteiger partial charge in [-0.2, -0.15) is 0 Å². The Morgan fingerprint density at radius 3 is 2.50 bits per heavy atom. The second kappa shape index (κ2) is 6.51. The van der Waals surface area contributed by atoms with Gasteiger partial charge in [0, 0.05) is 0 Å². The fourth-order valence-electron chi connectivity index (χ4n) is 2.04. The summed E-state index contributed by atoms with van der Waals surface area (Å²) in [5, 5.41) is 0. The highest BCUT2D eigenvalue weighted by Gasteiger charge is 2.13. The van der Waals surface area contributed by atoms with Crippen LogP contribution >= 0.6 is 0 Å². The molecule has 0 atom stereocenters. The van der Waals surface area contributed by atoms with Gasteiger partial charge in [0.2, 0.25) is 0 Å². The van der Waals surface area contributed by atoms with Crippen molar-refractivity contribution in [3.8, 4) is 0 Å². The van der Waals surface area contributed by atoms with Crippen LogP contribution in [-0.4, -0.2) is 0 Å². The van der Waals surface area contributed by atoms with E-state index >= 15 is 0 Å². The topological polar surface area (TPSA) is 0 Å². The van der Waals surface area contributed by atoms with Crippen molar-refractivity contribution in [1.82, 2.24) is 0 Å². The molecule has 0 aromatic heterocycles. The van der Waals surface area contributed by atoms with Gasteiger partial charge in [0.25, 0.3) is 0 Å². The quantitative estimate of drug-likeness (QED) is 0.520. The highest BCUT2D eigenvalue weighted by Crippen LogP contribution is 2.28. The maximum Gasteiger partial charge on any atom is -0.0355 e. The zero-order valence-corrected chi connectivity index (χ0v) is 8.23. The van der Waals surface area contributed by atoms with Gasteiger partial charge >= 0.3 is 0 Å². The van der Waals surface area contributed by atoms with E-state index in [1.165, 1.54) is 51.4 Å². The molecule has 70 valence electrons. The monoisotopic (exact) mass is 166 g/mol. The van der Waals surface area contributed by atoms with Crippen molar-refractivity contribution in [3.63, 3.8) is 0 Å². The Hall–Kier alpha value is 0.